The highest BCUT2D eigenvalue weighted by molar-refractivity contribution is 6.03. The number of carbonyl (C=O) groups excluding carboxylic acids is 1. The van der Waals surface area contributed by atoms with Crippen LogP contribution in [-0.2, 0) is 0 Å². The Labute approximate surface area is 168 Å². The summed E-state index contributed by atoms with van der Waals surface area (Å²) in [6, 6.07) is 12.2. The molecule has 1 heterocycles. The number of nitrogens with one attached hydrogen (secondary N) is 2. The molecule has 1 aliphatic carbocycles. The van der Waals surface area contributed by atoms with Gasteiger partial charge in [-0.1, -0.05) is 25.7 Å². The summed E-state index contributed by atoms with van der Waals surface area (Å²) in [4.78, 5) is 19.1. The first-order valence-electron chi connectivity index (χ1n) is 10.6. The minimum atomic E-state index is -0.184. The first-order valence-corrected chi connectivity index (χ1v) is 10.6. The van der Waals surface area contributed by atoms with Crippen LogP contribution in [0.1, 0.15) is 62.9 Å². The Balaban J connectivity index is 1.57. The highest BCUT2D eigenvalue weighted by Crippen LogP contribution is 2.21. The van der Waals surface area contributed by atoms with Gasteiger partial charge < -0.3 is 15.5 Å². The van der Waals surface area contributed by atoms with Gasteiger partial charge in [0.1, 0.15) is 5.69 Å². The van der Waals surface area contributed by atoms with Crippen LogP contribution in [-0.4, -0.2) is 30.0 Å². The van der Waals surface area contributed by atoms with Gasteiger partial charge in [-0.05, 0) is 63.1 Å². The smallest absolute Gasteiger partial charge is 0.274 e. The molecule has 1 aromatic carbocycles. The lowest BCUT2D eigenvalue weighted by atomic mass is 10.1. The molecule has 5 nitrogen and oxygen atoms in total. The highest BCUT2D eigenvalue weighted by Gasteiger charge is 2.13. The maximum absolute atomic E-state index is 12.5. The van der Waals surface area contributed by atoms with Crippen LogP contribution in [0.2, 0.25) is 0 Å². The Hall–Kier alpha value is -2.56. The van der Waals surface area contributed by atoms with Crippen LogP contribution < -0.4 is 15.5 Å². The van der Waals surface area contributed by atoms with Crippen LogP contribution in [0.15, 0.2) is 42.6 Å². The van der Waals surface area contributed by atoms with Crippen molar-refractivity contribution < 1.29 is 4.79 Å². The van der Waals surface area contributed by atoms with Gasteiger partial charge in [0.15, 0.2) is 0 Å². The highest BCUT2D eigenvalue weighted by atomic mass is 16.1. The summed E-state index contributed by atoms with van der Waals surface area (Å²) in [5.41, 5.74) is 3.37. The lowest BCUT2D eigenvalue weighted by Crippen LogP contribution is -2.21. The maximum Gasteiger partial charge on any atom is 0.274 e. The Morgan fingerprint density at radius 2 is 1.61 bits per heavy atom. The Bertz CT molecular complexity index is 730. The van der Waals surface area contributed by atoms with E-state index in [1.54, 1.807) is 12.3 Å². The summed E-state index contributed by atoms with van der Waals surface area (Å²) in [7, 11) is 0. The number of carbonyl (C=O) groups is 1. The number of nitrogens with zero attached hydrogens (tertiary/aromatic N) is 2. The number of pyridine rings is 1. The third-order valence-corrected chi connectivity index (χ3v) is 5.48. The van der Waals surface area contributed by atoms with E-state index in [2.05, 4.69) is 34.4 Å². The number of amides is 1. The van der Waals surface area contributed by atoms with Gasteiger partial charge in [-0.15, -0.1) is 0 Å². The van der Waals surface area contributed by atoms with Crippen LogP contribution in [0.4, 0.5) is 17.1 Å². The largest absolute Gasteiger partial charge is 0.381 e. The molecule has 2 N–H and O–H groups in total. The summed E-state index contributed by atoms with van der Waals surface area (Å²) in [6.07, 6.45) is 9.45. The van der Waals surface area contributed by atoms with Gasteiger partial charge in [0, 0.05) is 30.5 Å². The fraction of sp³-hybridized carbons (Fsp3) is 0.478. The van der Waals surface area contributed by atoms with E-state index < -0.39 is 0 Å². The minimum absolute atomic E-state index is 0.184. The summed E-state index contributed by atoms with van der Waals surface area (Å²) in [5, 5.41) is 6.49. The van der Waals surface area contributed by atoms with E-state index in [1.165, 1.54) is 38.5 Å². The van der Waals surface area contributed by atoms with E-state index >= 15 is 0 Å². The van der Waals surface area contributed by atoms with Gasteiger partial charge in [0.2, 0.25) is 0 Å². The van der Waals surface area contributed by atoms with Crippen LogP contribution in [0.25, 0.3) is 0 Å². The zero-order valence-electron chi connectivity index (χ0n) is 17.1. The molecule has 0 saturated heterocycles. The molecule has 1 aliphatic rings. The van der Waals surface area contributed by atoms with Crippen LogP contribution in [0.5, 0.6) is 0 Å². The van der Waals surface area contributed by atoms with Gasteiger partial charge >= 0.3 is 0 Å². The fourth-order valence-corrected chi connectivity index (χ4v) is 3.81. The van der Waals surface area contributed by atoms with Crippen molar-refractivity contribution in [2.45, 2.75) is 58.4 Å². The Kier molecular flexibility index (Phi) is 7.29. The Morgan fingerprint density at radius 1 is 0.964 bits per heavy atom. The molecule has 0 spiro atoms. The van der Waals surface area contributed by atoms with Gasteiger partial charge in [0.05, 0.1) is 11.9 Å². The molecule has 1 aromatic heterocycles. The zero-order chi connectivity index (χ0) is 19.8. The molecule has 5 heteroatoms. The van der Waals surface area contributed by atoms with Crippen molar-refractivity contribution in [3.05, 3.63) is 48.3 Å². The predicted molar refractivity (Wildman–Crippen MR) is 117 cm³/mol. The van der Waals surface area contributed by atoms with Gasteiger partial charge in [-0.25, -0.2) is 4.98 Å². The lowest BCUT2D eigenvalue weighted by molar-refractivity contribution is 0.102. The van der Waals surface area contributed by atoms with Crippen molar-refractivity contribution in [2.75, 3.05) is 28.6 Å². The molecule has 2 aromatic rings. The normalized spacial score (nSPS) is 14.9. The molecule has 0 aliphatic heterocycles. The van der Waals surface area contributed by atoms with E-state index in [9.17, 15) is 4.79 Å². The van der Waals surface area contributed by atoms with Gasteiger partial charge in [0.25, 0.3) is 5.91 Å². The second kappa shape index (κ2) is 10.1. The molecule has 0 radical (unpaired) electrons. The Morgan fingerprint density at radius 3 is 2.18 bits per heavy atom. The summed E-state index contributed by atoms with van der Waals surface area (Å²) < 4.78 is 0. The number of hydrogen-bond donors (Lipinski definition) is 2. The number of anilines is 3. The van der Waals surface area contributed by atoms with Crippen molar-refractivity contribution in [3.8, 4) is 0 Å². The number of hydrogen-bond acceptors (Lipinski definition) is 4. The van der Waals surface area contributed by atoms with Crippen molar-refractivity contribution in [2.24, 2.45) is 0 Å². The molecule has 28 heavy (non-hydrogen) atoms. The van der Waals surface area contributed by atoms with Crippen LogP contribution in [0, 0.1) is 0 Å². The average Bonchev–Trinajstić information content (AvgIpc) is 2.99. The molecule has 1 amide bonds. The van der Waals surface area contributed by atoms with Crippen molar-refractivity contribution >= 4 is 23.0 Å². The summed E-state index contributed by atoms with van der Waals surface area (Å²) in [6.45, 7) is 6.21. The molecular formula is C23H32N4O. The quantitative estimate of drug-likeness (QED) is 0.639. The number of aromatic nitrogens is 1. The van der Waals surface area contributed by atoms with Crippen LogP contribution in [0.3, 0.4) is 0 Å². The molecule has 0 atom stereocenters. The standard InChI is InChI=1S/C23H32N4O/c1-3-27(4-2)21-14-11-19(12-15-21)26-23(28)22-16-13-20(17-24-22)25-18-9-7-5-6-8-10-18/h11-18,25H,3-10H2,1-2H3,(H,26,28). The first-order chi connectivity index (χ1) is 13.7. The SMILES string of the molecule is CCN(CC)c1ccc(NC(=O)c2ccc(NC3CCCCCC3)cn2)cc1. The predicted octanol–water partition coefficient (Wildman–Crippen LogP) is 5.31. The van der Waals surface area contributed by atoms with Crippen molar-refractivity contribution in [1.29, 1.82) is 0 Å². The maximum atomic E-state index is 12.5. The third kappa shape index (κ3) is 5.47. The number of benzene rings is 1. The molecule has 0 unspecified atom stereocenters. The van der Waals surface area contributed by atoms with E-state index in [0.29, 0.717) is 11.7 Å². The summed E-state index contributed by atoms with van der Waals surface area (Å²) in [5.74, 6) is -0.184. The average molecular weight is 381 g/mol. The molecule has 0 bridgehead atoms. The van der Waals surface area contributed by atoms with Gasteiger partial charge in [-0.3, -0.25) is 4.79 Å². The zero-order valence-corrected chi connectivity index (χ0v) is 17.1. The third-order valence-electron chi connectivity index (χ3n) is 5.48. The topological polar surface area (TPSA) is 57.3 Å². The van der Waals surface area contributed by atoms with Gasteiger partial charge in [-0.2, -0.15) is 0 Å². The molecule has 1 saturated carbocycles. The monoisotopic (exact) mass is 380 g/mol. The number of rotatable bonds is 7. The van der Waals surface area contributed by atoms with Crippen LogP contribution >= 0.6 is 0 Å². The fourth-order valence-electron chi connectivity index (χ4n) is 3.81. The van der Waals surface area contributed by atoms with E-state index in [-0.39, 0.29) is 5.91 Å². The van der Waals surface area contributed by atoms with Crippen molar-refractivity contribution in [3.63, 3.8) is 0 Å². The first kappa shape index (κ1) is 20.2. The van der Waals surface area contributed by atoms with Crippen molar-refractivity contribution in [1.82, 2.24) is 4.98 Å². The lowest BCUT2D eigenvalue weighted by Gasteiger charge is -2.21. The second-order valence-corrected chi connectivity index (χ2v) is 7.44. The minimum Gasteiger partial charge on any atom is -0.381 e. The summed E-state index contributed by atoms with van der Waals surface area (Å²) >= 11 is 0. The van der Waals surface area contributed by atoms with E-state index in [0.717, 1.165) is 30.2 Å². The molecular weight excluding hydrogens is 348 g/mol. The van der Waals surface area contributed by atoms with E-state index in [4.69, 9.17) is 0 Å². The molecule has 3 rings (SSSR count). The molecule has 150 valence electrons. The van der Waals surface area contributed by atoms with E-state index in [1.807, 2.05) is 30.3 Å². The molecule has 1 fully saturated rings. The second-order valence-electron chi connectivity index (χ2n) is 7.44.